The van der Waals surface area contributed by atoms with Crippen molar-refractivity contribution in [1.82, 2.24) is 0 Å². The van der Waals surface area contributed by atoms with Crippen LogP contribution in [0.15, 0.2) is 34.7 Å². The molecule has 0 spiro atoms. The van der Waals surface area contributed by atoms with Crippen LogP contribution in [-0.2, 0) is 11.2 Å². The van der Waals surface area contributed by atoms with Crippen LogP contribution in [0, 0.1) is 0 Å². The van der Waals surface area contributed by atoms with Gasteiger partial charge in [0, 0.05) is 19.2 Å². The van der Waals surface area contributed by atoms with Crippen molar-refractivity contribution in [2.24, 2.45) is 0 Å². The Morgan fingerprint density at radius 2 is 2.05 bits per heavy atom. The van der Waals surface area contributed by atoms with Crippen molar-refractivity contribution in [3.8, 4) is 0 Å². The summed E-state index contributed by atoms with van der Waals surface area (Å²) in [6.45, 7) is 0. The van der Waals surface area contributed by atoms with Crippen LogP contribution in [0.5, 0.6) is 0 Å². The first-order valence-corrected chi connectivity index (χ1v) is 7.16. The van der Waals surface area contributed by atoms with Gasteiger partial charge in [0.1, 0.15) is 11.1 Å². The lowest BCUT2D eigenvalue weighted by molar-refractivity contribution is -0.118. The van der Waals surface area contributed by atoms with Gasteiger partial charge in [0.15, 0.2) is 5.22 Å². The van der Waals surface area contributed by atoms with Crippen molar-refractivity contribution in [2.75, 3.05) is 11.9 Å². The van der Waals surface area contributed by atoms with Gasteiger partial charge in [0.25, 0.3) is 0 Å². The Morgan fingerprint density at radius 1 is 1.25 bits per heavy atom. The van der Waals surface area contributed by atoms with Gasteiger partial charge >= 0.3 is 0 Å². The number of nitrogens with zero attached hydrogens (tertiary/aromatic N) is 1. The van der Waals surface area contributed by atoms with Crippen LogP contribution in [0.3, 0.4) is 0 Å². The molecular weight excluding hydrogens is 297 g/mol. The van der Waals surface area contributed by atoms with E-state index >= 15 is 0 Å². The van der Waals surface area contributed by atoms with Crippen LogP contribution in [-0.4, -0.2) is 13.0 Å². The first kappa shape index (κ1) is 13.5. The Bertz CT molecular complexity index is 666. The Labute approximate surface area is 127 Å². The third-order valence-corrected chi connectivity index (χ3v) is 4.25. The standard InChI is InChI=1S/C15H13Cl2NO2/c1-18-11-4-2-10(8-9(11)3-7-14(18)19)15(17)12-5-6-13(16)20-12/h2,4-6,8,15H,3,7H2,1H3. The summed E-state index contributed by atoms with van der Waals surface area (Å²) in [6, 6.07) is 9.34. The van der Waals surface area contributed by atoms with Gasteiger partial charge in [-0.1, -0.05) is 12.1 Å². The fraction of sp³-hybridized carbons (Fsp3) is 0.267. The fourth-order valence-electron chi connectivity index (χ4n) is 2.46. The highest BCUT2D eigenvalue weighted by molar-refractivity contribution is 6.29. The van der Waals surface area contributed by atoms with Gasteiger partial charge in [-0.2, -0.15) is 0 Å². The summed E-state index contributed by atoms with van der Waals surface area (Å²) >= 11 is 12.2. The van der Waals surface area contributed by atoms with Gasteiger partial charge < -0.3 is 9.32 Å². The molecule has 1 aromatic carbocycles. The molecule has 0 radical (unpaired) electrons. The number of anilines is 1. The van der Waals surface area contributed by atoms with Crippen LogP contribution in [0.4, 0.5) is 5.69 Å². The summed E-state index contributed by atoms with van der Waals surface area (Å²) in [7, 11) is 1.80. The molecule has 1 aliphatic heterocycles. The zero-order valence-corrected chi connectivity index (χ0v) is 12.4. The SMILES string of the molecule is CN1C(=O)CCc2cc(C(Cl)c3ccc(Cl)o3)ccc21. The molecule has 1 unspecified atom stereocenters. The number of carbonyl (C=O) groups excluding carboxylic acids is 1. The highest BCUT2D eigenvalue weighted by Crippen LogP contribution is 2.35. The lowest BCUT2D eigenvalue weighted by Crippen LogP contribution is -2.31. The summed E-state index contributed by atoms with van der Waals surface area (Å²) in [5.41, 5.74) is 3.03. The van der Waals surface area contributed by atoms with E-state index in [1.165, 1.54) is 0 Å². The van der Waals surface area contributed by atoms with E-state index in [0.29, 0.717) is 17.4 Å². The van der Waals surface area contributed by atoms with Gasteiger partial charge in [-0.3, -0.25) is 4.79 Å². The molecule has 1 atom stereocenters. The predicted octanol–water partition coefficient (Wildman–Crippen LogP) is 4.17. The number of halogens is 2. The molecule has 3 nitrogen and oxygen atoms in total. The van der Waals surface area contributed by atoms with E-state index in [4.69, 9.17) is 27.6 Å². The third kappa shape index (κ3) is 2.32. The Kier molecular flexibility index (Phi) is 3.48. The summed E-state index contributed by atoms with van der Waals surface area (Å²) in [5, 5.41) is -0.0512. The van der Waals surface area contributed by atoms with E-state index < -0.39 is 0 Å². The summed E-state index contributed by atoms with van der Waals surface area (Å²) in [4.78, 5) is 13.4. The quantitative estimate of drug-likeness (QED) is 0.780. The molecule has 1 amide bonds. The number of hydrogen-bond acceptors (Lipinski definition) is 2. The minimum atomic E-state index is -0.379. The number of fused-ring (bicyclic) bond motifs is 1. The largest absolute Gasteiger partial charge is 0.448 e. The Morgan fingerprint density at radius 3 is 2.75 bits per heavy atom. The van der Waals surface area contributed by atoms with E-state index in [1.54, 1.807) is 24.1 Å². The molecule has 2 aromatic rings. The lowest BCUT2D eigenvalue weighted by atomic mass is 9.97. The lowest BCUT2D eigenvalue weighted by Gasteiger charge is -2.26. The second kappa shape index (κ2) is 5.15. The number of aryl methyl sites for hydroxylation is 1. The number of furan rings is 1. The Hall–Kier alpha value is -1.45. The maximum atomic E-state index is 11.7. The van der Waals surface area contributed by atoms with Gasteiger partial charge in [0.05, 0.1) is 0 Å². The van der Waals surface area contributed by atoms with Crippen molar-refractivity contribution in [1.29, 1.82) is 0 Å². The van der Waals surface area contributed by atoms with Crippen molar-refractivity contribution < 1.29 is 9.21 Å². The predicted molar refractivity (Wildman–Crippen MR) is 79.6 cm³/mol. The maximum absolute atomic E-state index is 11.7. The molecule has 1 aromatic heterocycles. The van der Waals surface area contributed by atoms with Crippen LogP contribution >= 0.6 is 23.2 Å². The monoisotopic (exact) mass is 309 g/mol. The smallest absolute Gasteiger partial charge is 0.227 e. The number of benzene rings is 1. The number of carbonyl (C=O) groups is 1. The van der Waals surface area contributed by atoms with E-state index in [2.05, 4.69) is 0 Å². The van der Waals surface area contributed by atoms with E-state index in [1.807, 2.05) is 18.2 Å². The van der Waals surface area contributed by atoms with Gasteiger partial charge in [0.2, 0.25) is 5.91 Å². The summed E-state index contributed by atoms with van der Waals surface area (Å²) in [5.74, 6) is 0.766. The molecule has 0 fully saturated rings. The average molecular weight is 310 g/mol. The second-order valence-electron chi connectivity index (χ2n) is 4.85. The molecule has 1 aliphatic rings. The fourth-order valence-corrected chi connectivity index (χ4v) is 2.87. The minimum absolute atomic E-state index is 0.144. The van der Waals surface area contributed by atoms with Gasteiger partial charge in [-0.25, -0.2) is 0 Å². The molecule has 0 saturated heterocycles. The summed E-state index contributed by atoms with van der Waals surface area (Å²) < 4.78 is 5.35. The summed E-state index contributed by atoms with van der Waals surface area (Å²) in [6.07, 6.45) is 1.28. The maximum Gasteiger partial charge on any atom is 0.227 e. The topological polar surface area (TPSA) is 33.5 Å². The molecule has 20 heavy (non-hydrogen) atoms. The van der Waals surface area contributed by atoms with Crippen molar-refractivity contribution >= 4 is 34.8 Å². The van der Waals surface area contributed by atoms with Crippen LogP contribution in [0.25, 0.3) is 0 Å². The van der Waals surface area contributed by atoms with Gasteiger partial charge in [-0.15, -0.1) is 11.6 Å². The first-order chi connectivity index (χ1) is 9.56. The van der Waals surface area contributed by atoms with Crippen molar-refractivity contribution in [3.05, 3.63) is 52.4 Å². The highest BCUT2D eigenvalue weighted by Gasteiger charge is 2.23. The van der Waals surface area contributed by atoms with E-state index in [9.17, 15) is 4.79 Å². The number of amides is 1. The molecule has 104 valence electrons. The zero-order chi connectivity index (χ0) is 14.3. The molecular formula is C15H13Cl2NO2. The highest BCUT2D eigenvalue weighted by atomic mass is 35.5. The molecule has 3 rings (SSSR count). The normalized spacial score (nSPS) is 16.1. The molecule has 0 aliphatic carbocycles. The molecule has 2 heterocycles. The van der Waals surface area contributed by atoms with Crippen molar-refractivity contribution in [2.45, 2.75) is 18.2 Å². The minimum Gasteiger partial charge on any atom is -0.448 e. The van der Waals surface area contributed by atoms with E-state index in [0.717, 1.165) is 23.2 Å². The number of alkyl halides is 1. The number of rotatable bonds is 2. The molecule has 0 N–H and O–H groups in total. The molecule has 5 heteroatoms. The van der Waals surface area contributed by atoms with Crippen LogP contribution < -0.4 is 4.90 Å². The zero-order valence-electron chi connectivity index (χ0n) is 10.9. The third-order valence-electron chi connectivity index (χ3n) is 3.58. The number of hydrogen-bond donors (Lipinski definition) is 0. The van der Waals surface area contributed by atoms with Crippen molar-refractivity contribution in [3.63, 3.8) is 0 Å². The van der Waals surface area contributed by atoms with Crippen LogP contribution in [0.1, 0.15) is 28.7 Å². The second-order valence-corrected chi connectivity index (χ2v) is 5.65. The molecule has 0 bridgehead atoms. The van der Waals surface area contributed by atoms with E-state index in [-0.39, 0.29) is 11.3 Å². The van der Waals surface area contributed by atoms with Crippen LogP contribution in [0.2, 0.25) is 5.22 Å². The van der Waals surface area contributed by atoms with Gasteiger partial charge in [-0.05, 0) is 47.3 Å². The Balaban J connectivity index is 1.95. The average Bonchev–Trinajstić information content (AvgIpc) is 2.88. The molecule has 0 saturated carbocycles. The first-order valence-electron chi connectivity index (χ1n) is 6.35.